The fraction of sp³-hybridized carbons (Fsp3) is 0.0833. The van der Waals surface area contributed by atoms with Gasteiger partial charge in [-0.2, -0.15) is 5.10 Å². The Labute approximate surface area is 101 Å². The molecule has 0 saturated carbocycles. The first-order chi connectivity index (χ1) is 8.56. The van der Waals surface area contributed by atoms with Crippen molar-refractivity contribution in [3.8, 4) is 11.3 Å². The lowest BCUT2D eigenvalue weighted by molar-refractivity contribution is 0.0697. The molecule has 0 atom stereocenters. The third kappa shape index (κ3) is 1.77. The van der Waals surface area contributed by atoms with Crippen molar-refractivity contribution >= 4 is 12.3 Å². The molecule has 0 amide bonds. The number of carbonyl (C=O) groups excluding carboxylic acids is 1. The molecule has 0 fully saturated rings. The lowest BCUT2D eigenvalue weighted by atomic mass is 10.0. The molecule has 2 N–H and O–H groups in total. The monoisotopic (exact) mass is 248 g/mol. The van der Waals surface area contributed by atoms with E-state index in [1.807, 2.05) is 0 Å². The minimum Gasteiger partial charge on any atom is -0.478 e. The number of aromatic carboxylic acids is 1. The van der Waals surface area contributed by atoms with Gasteiger partial charge in [0.1, 0.15) is 17.1 Å². The summed E-state index contributed by atoms with van der Waals surface area (Å²) in [4.78, 5) is 22.0. The summed E-state index contributed by atoms with van der Waals surface area (Å²) < 4.78 is 13.8. The van der Waals surface area contributed by atoms with Crippen LogP contribution in [0.3, 0.4) is 0 Å². The first-order valence-electron chi connectivity index (χ1n) is 5.08. The van der Waals surface area contributed by atoms with Gasteiger partial charge in [-0.05, 0) is 13.0 Å². The molecule has 0 saturated heterocycles. The number of rotatable bonds is 3. The van der Waals surface area contributed by atoms with Crippen LogP contribution in [0.5, 0.6) is 0 Å². The molecule has 6 heteroatoms. The molecule has 0 unspecified atom stereocenters. The van der Waals surface area contributed by atoms with Crippen molar-refractivity contribution in [1.29, 1.82) is 0 Å². The summed E-state index contributed by atoms with van der Waals surface area (Å²) in [6.07, 6.45) is 0.466. The number of aromatic amines is 1. The number of aryl methyl sites for hydroxylation is 1. The number of aromatic nitrogens is 2. The van der Waals surface area contributed by atoms with Crippen molar-refractivity contribution in [3.05, 3.63) is 40.8 Å². The Morgan fingerprint density at radius 3 is 2.83 bits per heavy atom. The van der Waals surface area contributed by atoms with Gasteiger partial charge in [0.2, 0.25) is 0 Å². The van der Waals surface area contributed by atoms with Crippen LogP contribution in [0.1, 0.15) is 26.4 Å². The van der Waals surface area contributed by atoms with E-state index in [1.54, 1.807) is 0 Å². The highest BCUT2D eigenvalue weighted by Gasteiger charge is 2.23. The normalized spacial score (nSPS) is 10.3. The Hall–Kier alpha value is -2.50. The van der Waals surface area contributed by atoms with E-state index in [2.05, 4.69) is 10.2 Å². The van der Waals surface area contributed by atoms with Gasteiger partial charge in [0.05, 0.1) is 0 Å². The quantitative estimate of drug-likeness (QED) is 0.814. The van der Waals surface area contributed by atoms with Gasteiger partial charge in [-0.25, -0.2) is 9.18 Å². The summed E-state index contributed by atoms with van der Waals surface area (Å²) >= 11 is 0. The summed E-state index contributed by atoms with van der Waals surface area (Å²) in [5, 5.41) is 15.3. The van der Waals surface area contributed by atoms with Gasteiger partial charge >= 0.3 is 5.97 Å². The molecule has 2 aromatic rings. The number of carboxylic acid groups (broad SMARTS) is 1. The molecule has 1 aromatic heterocycles. The molecule has 2 rings (SSSR count). The second-order valence-electron chi connectivity index (χ2n) is 3.70. The fourth-order valence-corrected chi connectivity index (χ4v) is 1.76. The number of aldehydes is 1. The molecule has 92 valence electrons. The smallest absolute Gasteiger partial charge is 0.339 e. The number of hydrogen-bond donors (Lipinski definition) is 2. The van der Waals surface area contributed by atoms with E-state index < -0.39 is 11.8 Å². The van der Waals surface area contributed by atoms with E-state index in [0.29, 0.717) is 12.0 Å². The van der Waals surface area contributed by atoms with E-state index >= 15 is 0 Å². The Kier molecular flexibility index (Phi) is 2.93. The second kappa shape index (κ2) is 4.40. The number of H-pyrrole nitrogens is 1. The molecular formula is C12H9FN2O3. The Morgan fingerprint density at radius 1 is 1.50 bits per heavy atom. The minimum atomic E-state index is -1.23. The van der Waals surface area contributed by atoms with Crippen LogP contribution < -0.4 is 0 Å². The molecule has 18 heavy (non-hydrogen) atoms. The fourth-order valence-electron chi connectivity index (χ4n) is 1.76. The van der Waals surface area contributed by atoms with Crippen LogP contribution in [0.25, 0.3) is 11.3 Å². The van der Waals surface area contributed by atoms with Crippen LogP contribution in [0.2, 0.25) is 0 Å². The van der Waals surface area contributed by atoms with E-state index in [9.17, 15) is 14.0 Å². The number of carbonyl (C=O) groups is 2. The minimum absolute atomic E-state index is 0.0593. The number of halogens is 1. The van der Waals surface area contributed by atoms with Crippen molar-refractivity contribution in [2.45, 2.75) is 6.92 Å². The molecule has 1 heterocycles. The molecule has 0 radical (unpaired) electrons. The summed E-state index contributed by atoms with van der Waals surface area (Å²) in [6, 6.07) is 3.93. The molecule has 0 aliphatic heterocycles. The topological polar surface area (TPSA) is 83.0 Å². The predicted molar refractivity (Wildman–Crippen MR) is 61.1 cm³/mol. The van der Waals surface area contributed by atoms with Crippen LogP contribution >= 0.6 is 0 Å². The van der Waals surface area contributed by atoms with Gasteiger partial charge in [0.25, 0.3) is 0 Å². The van der Waals surface area contributed by atoms with Crippen LogP contribution in [0, 0.1) is 12.7 Å². The van der Waals surface area contributed by atoms with Crippen LogP contribution in [0.15, 0.2) is 18.2 Å². The maximum Gasteiger partial charge on any atom is 0.339 e. The van der Waals surface area contributed by atoms with Crippen LogP contribution in [0.4, 0.5) is 4.39 Å². The standard InChI is InChI=1S/C12H9FN2O3/c1-6-9(12(17)18)11(15-14-6)10-7(5-16)3-2-4-8(10)13/h2-5H,1H3,(H,14,15)(H,17,18). The van der Waals surface area contributed by atoms with Crippen molar-refractivity contribution in [3.63, 3.8) is 0 Å². The summed E-state index contributed by atoms with van der Waals surface area (Å²) in [6.45, 7) is 1.52. The number of carboxylic acids is 1. The first-order valence-corrected chi connectivity index (χ1v) is 5.08. The highest BCUT2D eigenvalue weighted by molar-refractivity contribution is 5.99. The summed E-state index contributed by atoms with van der Waals surface area (Å²) in [7, 11) is 0. The predicted octanol–water partition coefficient (Wildman–Crippen LogP) is 2.03. The van der Waals surface area contributed by atoms with Gasteiger partial charge in [0.15, 0.2) is 6.29 Å². The lowest BCUT2D eigenvalue weighted by Crippen LogP contribution is -2.02. The SMILES string of the molecule is Cc1[nH]nc(-c2c(F)cccc2C=O)c1C(=O)O. The zero-order chi connectivity index (χ0) is 13.3. The van der Waals surface area contributed by atoms with E-state index in [4.69, 9.17) is 5.11 Å². The van der Waals surface area contributed by atoms with Crippen molar-refractivity contribution in [2.24, 2.45) is 0 Å². The van der Waals surface area contributed by atoms with Crippen LogP contribution in [-0.4, -0.2) is 27.6 Å². The molecule has 0 bridgehead atoms. The zero-order valence-corrected chi connectivity index (χ0v) is 9.40. The average molecular weight is 248 g/mol. The Balaban J connectivity index is 2.77. The molecule has 1 aromatic carbocycles. The number of hydrogen-bond acceptors (Lipinski definition) is 3. The highest BCUT2D eigenvalue weighted by atomic mass is 19.1. The third-order valence-electron chi connectivity index (χ3n) is 2.57. The maximum absolute atomic E-state index is 13.8. The third-order valence-corrected chi connectivity index (χ3v) is 2.57. The Morgan fingerprint density at radius 2 is 2.22 bits per heavy atom. The van der Waals surface area contributed by atoms with Gasteiger partial charge in [0, 0.05) is 16.8 Å². The number of nitrogens with one attached hydrogen (secondary N) is 1. The molecular weight excluding hydrogens is 239 g/mol. The van der Waals surface area contributed by atoms with E-state index in [1.165, 1.54) is 19.1 Å². The molecule has 0 aliphatic carbocycles. The van der Waals surface area contributed by atoms with Gasteiger partial charge in [-0.3, -0.25) is 9.89 Å². The maximum atomic E-state index is 13.8. The molecule has 5 nitrogen and oxygen atoms in total. The summed E-state index contributed by atoms with van der Waals surface area (Å²) in [5.74, 6) is -1.91. The van der Waals surface area contributed by atoms with Crippen molar-refractivity contribution < 1.29 is 19.1 Å². The number of benzene rings is 1. The van der Waals surface area contributed by atoms with E-state index in [-0.39, 0.29) is 22.4 Å². The second-order valence-corrected chi connectivity index (χ2v) is 3.70. The van der Waals surface area contributed by atoms with Crippen molar-refractivity contribution in [1.82, 2.24) is 10.2 Å². The van der Waals surface area contributed by atoms with Crippen LogP contribution in [-0.2, 0) is 0 Å². The molecule has 0 aliphatic rings. The van der Waals surface area contributed by atoms with Gasteiger partial charge in [-0.1, -0.05) is 12.1 Å². The Bertz CT molecular complexity index is 634. The zero-order valence-electron chi connectivity index (χ0n) is 9.40. The average Bonchev–Trinajstić information content (AvgIpc) is 2.70. The van der Waals surface area contributed by atoms with Gasteiger partial charge in [-0.15, -0.1) is 0 Å². The van der Waals surface area contributed by atoms with E-state index in [0.717, 1.165) is 6.07 Å². The highest BCUT2D eigenvalue weighted by Crippen LogP contribution is 2.28. The number of nitrogens with zero attached hydrogens (tertiary/aromatic N) is 1. The first kappa shape index (κ1) is 12.0. The molecule has 0 spiro atoms. The van der Waals surface area contributed by atoms with Crippen molar-refractivity contribution in [2.75, 3.05) is 0 Å². The summed E-state index contributed by atoms with van der Waals surface area (Å²) in [5.41, 5.74) is 0.0549. The lowest BCUT2D eigenvalue weighted by Gasteiger charge is -2.04. The van der Waals surface area contributed by atoms with Gasteiger partial charge < -0.3 is 5.11 Å². The largest absolute Gasteiger partial charge is 0.478 e.